The van der Waals surface area contributed by atoms with Crippen LogP contribution in [0.3, 0.4) is 0 Å². The summed E-state index contributed by atoms with van der Waals surface area (Å²) in [5.41, 5.74) is 19.0. The first kappa shape index (κ1) is 53.1. The van der Waals surface area contributed by atoms with E-state index in [4.69, 9.17) is 9.72 Å². The van der Waals surface area contributed by atoms with Crippen LogP contribution < -0.4 is 14.5 Å². The van der Waals surface area contributed by atoms with Crippen LogP contribution >= 0.6 is 0 Å². The summed E-state index contributed by atoms with van der Waals surface area (Å²) in [5, 5.41) is 2.32. The Hall–Kier alpha value is -7.89. The van der Waals surface area contributed by atoms with E-state index in [2.05, 4.69) is 299 Å². The number of ether oxygens (including phenoxy) is 1. The molecule has 1 aliphatic rings. The molecule has 0 saturated carbocycles. The molecule has 2 aromatic heterocycles. The highest BCUT2D eigenvalue weighted by molar-refractivity contribution is 6.10. The van der Waals surface area contributed by atoms with Crippen molar-refractivity contribution in [2.45, 2.75) is 130 Å². The molecule has 0 saturated heterocycles. The minimum atomic E-state index is -0.253. The molecule has 79 heavy (non-hydrogen) atoms. The zero-order chi connectivity index (χ0) is 55.8. The molecule has 0 bridgehead atoms. The van der Waals surface area contributed by atoms with Gasteiger partial charge in [0.05, 0.1) is 22.4 Å². The Bertz CT molecular complexity index is 3860. The smallest absolute Gasteiger partial charge is 0.137 e. The van der Waals surface area contributed by atoms with Crippen LogP contribution in [0.5, 0.6) is 11.5 Å². The Balaban J connectivity index is 1.05. The van der Waals surface area contributed by atoms with Crippen LogP contribution in [0.15, 0.2) is 194 Å². The fraction of sp³-hybridized carbons (Fsp3) is 0.284. The van der Waals surface area contributed by atoms with Crippen LogP contribution in [0.25, 0.3) is 38.8 Å². The first-order chi connectivity index (χ1) is 37.6. The molecule has 0 aliphatic carbocycles. The van der Waals surface area contributed by atoms with Gasteiger partial charge in [-0.1, -0.05) is 200 Å². The Morgan fingerprint density at radius 1 is 0.418 bits per heavy atom. The van der Waals surface area contributed by atoms with E-state index in [1.165, 1.54) is 78.1 Å². The molecule has 0 amide bonds. The van der Waals surface area contributed by atoms with Gasteiger partial charge in [0.15, 0.2) is 0 Å². The van der Waals surface area contributed by atoms with Crippen molar-refractivity contribution in [3.63, 3.8) is 0 Å². The van der Waals surface area contributed by atoms with E-state index in [1.807, 2.05) is 6.20 Å². The third-order valence-electron chi connectivity index (χ3n) is 17.0. The van der Waals surface area contributed by atoms with Crippen molar-refractivity contribution >= 4 is 44.6 Å². The van der Waals surface area contributed by atoms with E-state index < -0.39 is 0 Å². The molecular formula is C74H78N4O. The van der Waals surface area contributed by atoms with Gasteiger partial charge in [-0.3, -0.25) is 4.57 Å². The molecule has 8 aromatic carbocycles. The number of pyridine rings is 1. The highest BCUT2D eigenvalue weighted by atomic mass is 16.5. The minimum Gasteiger partial charge on any atom is -0.457 e. The first-order valence-electron chi connectivity index (χ1n) is 28.5. The normalized spacial score (nSPS) is 13.3. The summed E-state index contributed by atoms with van der Waals surface area (Å²) >= 11 is 0. The molecule has 400 valence electrons. The fourth-order valence-corrected chi connectivity index (χ4v) is 11.9. The van der Waals surface area contributed by atoms with Gasteiger partial charge in [-0.25, -0.2) is 4.98 Å². The van der Waals surface area contributed by atoms with E-state index in [0.717, 1.165) is 39.4 Å². The topological polar surface area (TPSA) is 33.5 Å². The number of aromatic nitrogens is 2. The van der Waals surface area contributed by atoms with E-state index >= 15 is 0 Å². The lowest BCUT2D eigenvalue weighted by molar-refractivity contribution is 0.479. The first-order valence-corrected chi connectivity index (χ1v) is 28.5. The van der Waals surface area contributed by atoms with Crippen molar-refractivity contribution in [3.05, 3.63) is 239 Å². The van der Waals surface area contributed by atoms with Crippen LogP contribution in [0.1, 0.15) is 153 Å². The van der Waals surface area contributed by atoms with Crippen molar-refractivity contribution in [2.75, 3.05) is 16.5 Å². The van der Waals surface area contributed by atoms with Crippen molar-refractivity contribution in [1.29, 1.82) is 0 Å². The lowest BCUT2D eigenvalue weighted by atomic mass is 9.78. The average molecular weight is 1040 g/mol. The molecule has 1 aliphatic heterocycles. The Labute approximate surface area is 470 Å². The quantitative estimate of drug-likeness (QED) is 0.122. The maximum atomic E-state index is 7.21. The highest BCUT2D eigenvalue weighted by Gasteiger charge is 2.33. The second-order valence-corrected chi connectivity index (χ2v) is 25.8. The predicted octanol–water partition coefficient (Wildman–Crippen LogP) is 20.4. The third-order valence-corrected chi connectivity index (χ3v) is 17.0. The van der Waals surface area contributed by atoms with E-state index in [1.54, 1.807) is 0 Å². The van der Waals surface area contributed by atoms with Gasteiger partial charge >= 0.3 is 0 Å². The molecule has 0 atom stereocenters. The number of hydrogen-bond donors (Lipinski definition) is 0. The summed E-state index contributed by atoms with van der Waals surface area (Å²) in [6, 6.07) is 69.6. The number of nitrogens with zero attached hydrogens (tertiary/aromatic N) is 4. The largest absolute Gasteiger partial charge is 0.457 e. The monoisotopic (exact) mass is 1040 g/mol. The maximum absolute atomic E-state index is 7.21. The number of fused-ring (bicyclic) bond motifs is 4. The lowest BCUT2D eigenvalue weighted by Crippen LogP contribution is -2.25. The zero-order valence-electron chi connectivity index (χ0n) is 49.0. The van der Waals surface area contributed by atoms with Gasteiger partial charge in [-0.2, -0.15) is 0 Å². The summed E-state index contributed by atoms with van der Waals surface area (Å²) in [4.78, 5) is 10.1. The van der Waals surface area contributed by atoms with E-state index in [9.17, 15) is 0 Å². The van der Waals surface area contributed by atoms with Crippen LogP contribution in [-0.4, -0.2) is 16.2 Å². The van der Waals surface area contributed by atoms with Crippen molar-refractivity contribution < 1.29 is 4.74 Å². The van der Waals surface area contributed by atoms with E-state index in [0.29, 0.717) is 18.5 Å². The minimum absolute atomic E-state index is 0.00478. The number of rotatable bonds is 12. The number of anilines is 4. The molecule has 0 fully saturated rings. The van der Waals surface area contributed by atoms with Gasteiger partial charge in [-0.05, 0) is 151 Å². The predicted molar refractivity (Wildman–Crippen MR) is 335 cm³/mol. The summed E-state index contributed by atoms with van der Waals surface area (Å²) in [6.45, 7) is 32.9. The molecule has 0 N–H and O–H groups in total. The van der Waals surface area contributed by atoms with Gasteiger partial charge in [0.2, 0.25) is 0 Å². The molecule has 11 rings (SSSR count). The lowest BCUT2D eigenvalue weighted by Gasteiger charge is -2.27. The van der Waals surface area contributed by atoms with Crippen LogP contribution in [0, 0.1) is 0 Å². The van der Waals surface area contributed by atoms with Crippen LogP contribution in [0.2, 0.25) is 0 Å². The molecule has 0 unspecified atom stereocenters. The molecule has 5 heteroatoms. The Morgan fingerprint density at radius 3 is 1.65 bits per heavy atom. The molecule has 0 spiro atoms. The molecule has 0 radical (unpaired) electrons. The van der Waals surface area contributed by atoms with Crippen molar-refractivity contribution in [3.8, 4) is 28.4 Å². The molecule has 10 aromatic rings. The Morgan fingerprint density at radius 2 is 1.01 bits per heavy atom. The van der Waals surface area contributed by atoms with Gasteiger partial charge in [0.1, 0.15) is 24.0 Å². The zero-order valence-corrected chi connectivity index (χ0v) is 49.0. The van der Waals surface area contributed by atoms with Crippen molar-refractivity contribution in [2.24, 2.45) is 0 Å². The maximum Gasteiger partial charge on any atom is 0.137 e. The second kappa shape index (κ2) is 20.1. The van der Waals surface area contributed by atoms with Crippen molar-refractivity contribution in [1.82, 2.24) is 9.55 Å². The summed E-state index contributed by atoms with van der Waals surface area (Å²) in [6.07, 6.45) is 1.97. The SMILES string of the molecule is CC(C)c1cccc(C(C)C)c1-c1ccc2c(c1)N(c1cccc(C(C)(C)C)c1)CN2c1cc(Oc2ccc3c4cc(C(C)(C)c5ccccc5)ccc4n(-c4cc(C(C)(C)c5ccccc5)ccn4)c3c2)cc(C(C)(C)C)c1. The highest BCUT2D eigenvalue weighted by Crippen LogP contribution is 2.50. The van der Waals surface area contributed by atoms with E-state index in [-0.39, 0.29) is 21.7 Å². The van der Waals surface area contributed by atoms with Gasteiger partial charge < -0.3 is 14.5 Å². The Kier molecular flexibility index (Phi) is 13.5. The fourth-order valence-electron chi connectivity index (χ4n) is 11.9. The average Bonchev–Trinajstić information content (AvgIpc) is 4.13. The van der Waals surface area contributed by atoms with Gasteiger partial charge in [-0.15, -0.1) is 0 Å². The van der Waals surface area contributed by atoms with Gasteiger partial charge in [0, 0.05) is 51.3 Å². The standard InChI is InChI=1S/C74H78N4O/c1-48(2)61-29-22-30-62(49(3)4)70(61)50-31-35-66-68(39-50)76(57-28-21-27-53(40-57)71(5,6)7)47-77(66)58-41-56(72(8,9)10)42-60(45-58)79-59-33-34-63-64-43-54(73(11,12)51-23-17-15-18-24-51)32-36-65(64)78(67(63)46-59)69-44-55(37-38-75-69)74(13,14)52-25-19-16-20-26-52/h15-46,48-49H,47H2,1-14H3. The van der Waals surface area contributed by atoms with Crippen LogP contribution in [0.4, 0.5) is 22.7 Å². The number of hydrogen-bond acceptors (Lipinski definition) is 4. The second-order valence-electron chi connectivity index (χ2n) is 25.8. The van der Waals surface area contributed by atoms with Crippen LogP contribution in [-0.2, 0) is 21.7 Å². The summed E-state index contributed by atoms with van der Waals surface area (Å²) in [5.74, 6) is 3.18. The summed E-state index contributed by atoms with van der Waals surface area (Å²) < 4.78 is 9.54. The number of benzene rings is 8. The molecule has 3 heterocycles. The molecular weight excluding hydrogens is 961 g/mol. The third kappa shape index (κ3) is 9.92. The van der Waals surface area contributed by atoms with Gasteiger partial charge in [0.25, 0.3) is 0 Å². The molecule has 5 nitrogen and oxygen atoms in total. The summed E-state index contributed by atoms with van der Waals surface area (Å²) in [7, 11) is 0.